The second-order valence-corrected chi connectivity index (χ2v) is 19.7. The number of carboxylic acid groups (broad SMARTS) is 1. The third kappa shape index (κ3) is 13.3. The van der Waals surface area contributed by atoms with Crippen LogP contribution in [-0.4, -0.2) is 134 Å². The van der Waals surface area contributed by atoms with Gasteiger partial charge in [-0.15, -0.1) is 0 Å². The molecule has 0 radical (unpaired) electrons. The number of carboxylic acids is 1. The van der Waals surface area contributed by atoms with E-state index in [1.807, 2.05) is 34.6 Å². The molecule has 14 N–H and O–H groups in total. The van der Waals surface area contributed by atoms with Crippen LogP contribution >= 0.6 is 0 Å². The summed E-state index contributed by atoms with van der Waals surface area (Å²) in [5.74, 6) is -8.34. The van der Waals surface area contributed by atoms with Crippen LogP contribution in [-0.2, 0) is 56.0 Å². The summed E-state index contributed by atoms with van der Waals surface area (Å²) in [4.78, 5) is 137. The average molecular weight is 1000 g/mol. The molecule has 1 saturated heterocycles. The van der Waals surface area contributed by atoms with Gasteiger partial charge in [0.25, 0.3) is 0 Å². The molecule has 9 atom stereocenters. The number of H-pyrrole nitrogens is 1. The lowest BCUT2D eigenvalue weighted by Gasteiger charge is -2.33. The third-order valence-electron chi connectivity index (χ3n) is 13.4. The molecule has 7 rings (SSSR count). The number of hydrogen-bond acceptors (Lipinski definition) is 11. The van der Waals surface area contributed by atoms with Gasteiger partial charge in [-0.2, -0.15) is 0 Å². The Morgan fingerprint density at radius 3 is 2.24 bits per heavy atom. The number of nitrogens with one attached hydrogen (secondary N) is 9. The molecule has 4 aliphatic rings. The molecule has 8 amide bonds. The third-order valence-corrected chi connectivity index (χ3v) is 13.4. The van der Waals surface area contributed by atoms with Crippen LogP contribution < -0.4 is 54.0 Å². The molecule has 390 valence electrons. The van der Waals surface area contributed by atoms with E-state index in [1.54, 1.807) is 35.9 Å². The highest BCUT2D eigenvalue weighted by Gasteiger charge is 2.40. The SMILES string of the molecule is CCC(C)C1NC(=O)C(CC(C)C)NC(=O)C(NC(=O)C2CCC(=O)N2)C(C(C)C)c2ccc3c4c([nH]c3c2)-n2cnc(c2)CC(C(=O)O)NC(=O)CNC(=O)C(CCCN=C(N)N)NC(=O)C(C4)NC1=O. The molecule has 3 aromatic rings. The minimum Gasteiger partial charge on any atom is -0.480 e. The van der Waals surface area contributed by atoms with Crippen LogP contribution in [0.3, 0.4) is 0 Å². The Balaban J connectivity index is 1.58. The lowest BCUT2D eigenvalue weighted by Crippen LogP contribution is -2.61. The normalized spacial score (nSPS) is 25.1. The quantitative estimate of drug-likeness (QED) is 0.0437. The van der Waals surface area contributed by atoms with Crippen molar-refractivity contribution in [3.05, 3.63) is 47.5 Å². The van der Waals surface area contributed by atoms with E-state index < -0.39 is 108 Å². The fraction of sp³-hybridized carbons (Fsp3) is 0.562. The van der Waals surface area contributed by atoms with Gasteiger partial charge in [-0.25, -0.2) is 9.78 Å². The summed E-state index contributed by atoms with van der Waals surface area (Å²) in [6.45, 7) is 10.5. The summed E-state index contributed by atoms with van der Waals surface area (Å²) in [6.07, 6.45) is 3.54. The highest BCUT2D eigenvalue weighted by atomic mass is 16.4. The van der Waals surface area contributed by atoms with E-state index >= 15 is 0 Å². The monoisotopic (exact) mass is 1000 g/mol. The number of fused-ring (bicyclic) bond motifs is 13. The van der Waals surface area contributed by atoms with Crippen molar-refractivity contribution in [2.45, 2.75) is 141 Å². The predicted octanol–water partition coefficient (Wildman–Crippen LogP) is -1.26. The van der Waals surface area contributed by atoms with E-state index in [0.29, 0.717) is 34.3 Å². The number of carbonyl (C=O) groups is 9. The van der Waals surface area contributed by atoms with Crippen molar-refractivity contribution in [1.29, 1.82) is 0 Å². The molecule has 6 heterocycles. The zero-order valence-corrected chi connectivity index (χ0v) is 41.4. The number of aliphatic carboxylic acids is 1. The number of aromatic amines is 1. The number of amides is 8. The number of imidazole rings is 1. The van der Waals surface area contributed by atoms with Gasteiger partial charge in [0.05, 0.1) is 12.2 Å². The molecule has 0 aliphatic carbocycles. The zero-order valence-electron chi connectivity index (χ0n) is 41.4. The van der Waals surface area contributed by atoms with Gasteiger partial charge in [-0.3, -0.25) is 47.9 Å². The number of carbonyl (C=O) groups excluding carboxylic acids is 8. The van der Waals surface area contributed by atoms with Crippen molar-refractivity contribution in [3.63, 3.8) is 0 Å². The van der Waals surface area contributed by atoms with Crippen LogP contribution in [0, 0.1) is 17.8 Å². The molecule has 0 saturated carbocycles. The van der Waals surface area contributed by atoms with Gasteiger partial charge in [0.15, 0.2) is 5.96 Å². The number of nitrogens with two attached hydrogens (primary N) is 2. The van der Waals surface area contributed by atoms with Gasteiger partial charge in [0, 0.05) is 54.4 Å². The van der Waals surface area contributed by atoms with Crippen LogP contribution in [0.1, 0.15) is 103 Å². The first-order valence-corrected chi connectivity index (χ1v) is 24.5. The van der Waals surface area contributed by atoms with E-state index in [2.05, 4.69) is 57.5 Å². The Bertz CT molecular complexity index is 2580. The highest BCUT2D eigenvalue weighted by molar-refractivity contribution is 5.99. The first kappa shape index (κ1) is 53.8. The van der Waals surface area contributed by atoms with Gasteiger partial charge in [0.1, 0.15) is 54.4 Å². The molecule has 1 aromatic carbocycles. The summed E-state index contributed by atoms with van der Waals surface area (Å²) >= 11 is 0. The van der Waals surface area contributed by atoms with Crippen LogP contribution in [0.2, 0.25) is 0 Å². The van der Waals surface area contributed by atoms with E-state index in [1.165, 1.54) is 6.33 Å². The maximum absolute atomic E-state index is 14.9. The maximum Gasteiger partial charge on any atom is 0.326 e. The molecular weight excluding hydrogens is 933 g/mol. The van der Waals surface area contributed by atoms with Crippen LogP contribution in [0.4, 0.5) is 0 Å². The first-order chi connectivity index (χ1) is 34.1. The van der Waals surface area contributed by atoms with Crippen molar-refractivity contribution in [3.8, 4) is 5.82 Å². The topological polar surface area (TPSA) is 368 Å². The lowest BCUT2D eigenvalue weighted by atomic mass is 9.81. The summed E-state index contributed by atoms with van der Waals surface area (Å²) in [5, 5.41) is 32.6. The number of hydrogen-bond donors (Lipinski definition) is 12. The Morgan fingerprint density at radius 2 is 1.58 bits per heavy atom. The Kier molecular flexibility index (Phi) is 17.6. The van der Waals surface area contributed by atoms with Crippen LogP contribution in [0.25, 0.3) is 16.7 Å². The molecule has 2 aromatic heterocycles. The van der Waals surface area contributed by atoms with Crippen molar-refractivity contribution in [1.82, 2.24) is 57.1 Å². The van der Waals surface area contributed by atoms with Crippen molar-refractivity contribution < 1.29 is 48.3 Å². The van der Waals surface area contributed by atoms with E-state index in [0.717, 1.165) is 0 Å². The number of rotatable bonds is 12. The van der Waals surface area contributed by atoms with Crippen LogP contribution in [0.15, 0.2) is 35.7 Å². The van der Waals surface area contributed by atoms with Gasteiger partial charge < -0.3 is 64.1 Å². The smallest absolute Gasteiger partial charge is 0.326 e. The highest BCUT2D eigenvalue weighted by Crippen LogP contribution is 2.35. The number of aliphatic imine (C=N–C) groups is 1. The summed E-state index contributed by atoms with van der Waals surface area (Å²) in [6, 6.07) is -3.47. The largest absolute Gasteiger partial charge is 0.480 e. The molecule has 24 nitrogen and oxygen atoms in total. The molecule has 24 heteroatoms. The first-order valence-electron chi connectivity index (χ1n) is 24.5. The molecule has 1 fully saturated rings. The number of benzene rings is 1. The summed E-state index contributed by atoms with van der Waals surface area (Å²) < 4.78 is 1.58. The van der Waals surface area contributed by atoms with Gasteiger partial charge in [-0.05, 0) is 55.1 Å². The minimum atomic E-state index is -1.46. The molecule has 4 aliphatic heterocycles. The molecule has 0 spiro atoms. The lowest BCUT2D eigenvalue weighted by molar-refractivity contribution is -0.141. The Labute approximate surface area is 416 Å². The second-order valence-electron chi connectivity index (χ2n) is 19.7. The van der Waals surface area contributed by atoms with E-state index in [-0.39, 0.29) is 80.9 Å². The summed E-state index contributed by atoms with van der Waals surface area (Å²) in [5.41, 5.74) is 12.9. The zero-order chi connectivity index (χ0) is 52.6. The van der Waals surface area contributed by atoms with E-state index in [9.17, 15) is 48.3 Å². The molecule has 72 heavy (non-hydrogen) atoms. The molecular formula is C48H68N14O10. The van der Waals surface area contributed by atoms with Crippen molar-refractivity contribution in [2.75, 3.05) is 13.1 Å². The number of guanidine groups is 1. The van der Waals surface area contributed by atoms with E-state index in [4.69, 9.17) is 11.5 Å². The predicted molar refractivity (Wildman–Crippen MR) is 263 cm³/mol. The van der Waals surface area contributed by atoms with Crippen LogP contribution in [0.5, 0.6) is 0 Å². The molecule has 9 unspecified atom stereocenters. The van der Waals surface area contributed by atoms with Gasteiger partial charge in [-0.1, -0.05) is 60.1 Å². The number of nitrogens with zero attached hydrogens (tertiary/aromatic N) is 3. The summed E-state index contributed by atoms with van der Waals surface area (Å²) in [7, 11) is 0. The number of aromatic nitrogens is 3. The van der Waals surface area contributed by atoms with Gasteiger partial charge in [0.2, 0.25) is 47.3 Å². The molecule has 7 bridgehead atoms. The second kappa shape index (κ2) is 23.6. The maximum atomic E-state index is 14.9. The van der Waals surface area contributed by atoms with Gasteiger partial charge >= 0.3 is 5.97 Å². The standard InChI is InChI=1S/C48H68N14O10/c1-7-24(6)38-45(69)59-33-18-28-27-11-10-25(37(23(4)5)39(61-42(66)30-12-13-35(63)54-30)46(70)58-32(15-22(2)3)44(68)60-38)16-31(27)56-40(28)62-20-26(53-21-62)17-34(47(71)72)55-36(64)19-52-41(65)29(57-43(33)67)9-8-14-51-48(49)50/h10-11,16,20-24,29-30,32-34,37-39,56H,7-9,12-15,17-19H2,1-6H3,(H,52,65)(H,54,63)(H,55,64)(H,57,67)(H,58,70)(H,59,69)(H,60,68)(H,61,66)(H,71,72)(H4,49,50,51). The Hall–Kier alpha value is -7.53. The van der Waals surface area contributed by atoms with Crippen molar-refractivity contribution >= 4 is 70.1 Å². The Morgan fingerprint density at radius 1 is 0.861 bits per heavy atom. The fourth-order valence-corrected chi connectivity index (χ4v) is 9.41. The average Bonchev–Trinajstić information content (AvgIpc) is 4.07. The fourth-order valence-electron chi connectivity index (χ4n) is 9.41. The minimum absolute atomic E-state index is 0.0324. The van der Waals surface area contributed by atoms with Crippen molar-refractivity contribution in [2.24, 2.45) is 34.2 Å².